The van der Waals surface area contributed by atoms with E-state index in [1.54, 1.807) is 4.52 Å². The van der Waals surface area contributed by atoms with Gasteiger partial charge in [-0.25, -0.2) is 13.3 Å². The van der Waals surface area contributed by atoms with Gasteiger partial charge in [-0.1, -0.05) is 38.1 Å². The van der Waals surface area contributed by atoms with Gasteiger partial charge in [-0.3, -0.25) is 4.79 Å². The maximum absolute atomic E-state index is 14.0. The molecule has 33 heavy (non-hydrogen) atoms. The van der Waals surface area contributed by atoms with Crippen molar-refractivity contribution in [1.29, 1.82) is 0 Å². The van der Waals surface area contributed by atoms with E-state index in [0.717, 1.165) is 27.9 Å². The van der Waals surface area contributed by atoms with E-state index in [0.29, 0.717) is 34.7 Å². The number of fused-ring (bicyclic) bond motifs is 2. The van der Waals surface area contributed by atoms with Crippen LogP contribution in [0.25, 0.3) is 16.0 Å². The molecule has 8 heteroatoms. The average Bonchev–Trinajstić information content (AvgIpc) is 3.30. The second-order valence-corrected chi connectivity index (χ2v) is 9.48. The highest BCUT2D eigenvalue weighted by Gasteiger charge is 2.29. The zero-order valence-corrected chi connectivity index (χ0v) is 19.3. The summed E-state index contributed by atoms with van der Waals surface area (Å²) in [4.78, 5) is 14.8. The third kappa shape index (κ3) is 3.68. The molecule has 170 valence electrons. The fourth-order valence-electron chi connectivity index (χ4n) is 4.38. The molecule has 0 bridgehead atoms. The zero-order chi connectivity index (χ0) is 23.3. The van der Waals surface area contributed by atoms with Gasteiger partial charge in [0.1, 0.15) is 15.5 Å². The first kappa shape index (κ1) is 21.6. The number of aryl methyl sites for hydroxylation is 1. The molecule has 1 atom stereocenters. The van der Waals surface area contributed by atoms with E-state index in [4.69, 9.17) is 4.74 Å². The number of nitrogens with zero attached hydrogens (tertiary/aromatic N) is 2. The van der Waals surface area contributed by atoms with Gasteiger partial charge in [0.2, 0.25) is 0 Å². The van der Waals surface area contributed by atoms with Crippen molar-refractivity contribution in [2.75, 3.05) is 6.61 Å². The molecule has 0 spiro atoms. The molecule has 0 saturated carbocycles. The second kappa shape index (κ2) is 8.26. The first-order valence-electron chi connectivity index (χ1n) is 10.8. The van der Waals surface area contributed by atoms with Crippen molar-refractivity contribution < 1.29 is 18.3 Å². The van der Waals surface area contributed by atoms with Gasteiger partial charge in [0.15, 0.2) is 11.6 Å². The normalized spacial score (nSPS) is 15.5. The molecule has 5 nitrogen and oxygen atoms in total. The highest BCUT2D eigenvalue weighted by atomic mass is 32.1. The van der Waals surface area contributed by atoms with Crippen LogP contribution < -0.4 is 10.1 Å². The Kier molecular flexibility index (Phi) is 5.40. The summed E-state index contributed by atoms with van der Waals surface area (Å²) >= 11 is 1.32. The predicted octanol–water partition coefficient (Wildman–Crippen LogP) is 6.03. The Morgan fingerprint density at radius 3 is 2.76 bits per heavy atom. The highest BCUT2D eigenvalue weighted by molar-refractivity contribution is 7.20. The van der Waals surface area contributed by atoms with Crippen LogP contribution in [0.15, 0.2) is 42.5 Å². The Balaban J connectivity index is 1.57. The molecule has 0 aliphatic carbocycles. The van der Waals surface area contributed by atoms with Crippen LogP contribution in [-0.2, 0) is 0 Å². The van der Waals surface area contributed by atoms with E-state index in [1.165, 1.54) is 23.5 Å². The van der Waals surface area contributed by atoms with E-state index in [1.807, 2.05) is 45.0 Å². The van der Waals surface area contributed by atoms with Crippen molar-refractivity contribution in [3.63, 3.8) is 0 Å². The summed E-state index contributed by atoms with van der Waals surface area (Å²) in [6, 6.07) is 11.4. The lowest BCUT2D eigenvalue weighted by molar-refractivity contribution is 0.0927. The number of hydrogen-bond acceptors (Lipinski definition) is 4. The molecule has 4 aromatic rings. The number of benzene rings is 2. The summed E-state index contributed by atoms with van der Waals surface area (Å²) < 4.78 is 34.9. The number of hydrogen-bond donors (Lipinski definition) is 1. The van der Waals surface area contributed by atoms with E-state index in [2.05, 4.69) is 10.4 Å². The fourth-order valence-corrected chi connectivity index (χ4v) is 5.74. The van der Waals surface area contributed by atoms with Crippen molar-refractivity contribution in [3.05, 3.63) is 75.9 Å². The minimum atomic E-state index is -0.914. The predicted molar refractivity (Wildman–Crippen MR) is 124 cm³/mol. The summed E-state index contributed by atoms with van der Waals surface area (Å²) in [5.41, 5.74) is 3.69. The van der Waals surface area contributed by atoms with Crippen LogP contribution >= 0.6 is 11.3 Å². The van der Waals surface area contributed by atoms with Crippen LogP contribution in [0.4, 0.5) is 8.78 Å². The van der Waals surface area contributed by atoms with Crippen molar-refractivity contribution in [1.82, 2.24) is 14.9 Å². The van der Waals surface area contributed by atoms with E-state index in [9.17, 15) is 13.6 Å². The SMILES string of the molecule is Cc1nn2c(C(C)C)c(C(=O)N[C@H]3CCOc4ccccc43)sc2c1-c1ccc(F)c(F)c1. The lowest BCUT2D eigenvalue weighted by Gasteiger charge is -2.26. The van der Waals surface area contributed by atoms with Gasteiger partial charge in [0.05, 0.1) is 24.0 Å². The van der Waals surface area contributed by atoms with Crippen LogP contribution in [-0.4, -0.2) is 22.1 Å². The minimum absolute atomic E-state index is 0.0265. The molecule has 1 aliphatic rings. The zero-order valence-electron chi connectivity index (χ0n) is 18.5. The lowest BCUT2D eigenvalue weighted by atomic mass is 10.0. The molecule has 0 saturated heterocycles. The number of amides is 1. The Morgan fingerprint density at radius 2 is 2.00 bits per heavy atom. The van der Waals surface area contributed by atoms with Gasteiger partial charge in [-0.15, -0.1) is 11.3 Å². The third-order valence-corrected chi connectivity index (χ3v) is 7.07. The summed E-state index contributed by atoms with van der Waals surface area (Å²) in [6.45, 7) is 6.39. The number of ether oxygens (including phenoxy) is 1. The number of rotatable bonds is 4. The molecule has 1 amide bonds. The van der Waals surface area contributed by atoms with Crippen molar-refractivity contribution in [2.45, 2.75) is 39.2 Å². The molecule has 0 fully saturated rings. The second-order valence-electron chi connectivity index (χ2n) is 8.48. The molecular formula is C25H23F2N3O2S. The quantitative estimate of drug-likeness (QED) is 0.399. The summed E-state index contributed by atoms with van der Waals surface area (Å²) in [6.07, 6.45) is 0.682. The Hall–Kier alpha value is -3.26. The number of aromatic nitrogens is 2. The minimum Gasteiger partial charge on any atom is -0.493 e. The van der Waals surface area contributed by atoms with Gasteiger partial charge in [-0.05, 0) is 36.6 Å². The van der Waals surface area contributed by atoms with Gasteiger partial charge in [0, 0.05) is 17.5 Å². The number of thiazole rings is 1. The van der Waals surface area contributed by atoms with E-state index >= 15 is 0 Å². The van der Waals surface area contributed by atoms with E-state index < -0.39 is 11.6 Å². The van der Waals surface area contributed by atoms with E-state index in [-0.39, 0.29) is 17.9 Å². The van der Waals surface area contributed by atoms with Crippen LogP contribution in [0.5, 0.6) is 5.75 Å². The molecule has 3 heterocycles. The standard InChI is InChI=1S/C25H23F2N3O2S/c1-13(2)22-23(24(31)28-19-10-11-32-20-7-5-4-6-16(19)20)33-25-21(14(3)29-30(22)25)15-8-9-17(26)18(27)12-15/h4-9,12-13,19H,10-11H2,1-3H3,(H,28,31)/t19-/m0/s1. The average molecular weight is 468 g/mol. The number of para-hydroxylation sites is 1. The Bertz CT molecular complexity index is 1380. The first-order valence-corrected chi connectivity index (χ1v) is 11.7. The van der Waals surface area contributed by atoms with Gasteiger partial charge in [-0.2, -0.15) is 5.10 Å². The number of carbonyl (C=O) groups is 1. The summed E-state index contributed by atoms with van der Waals surface area (Å²) in [5, 5.41) is 7.83. The van der Waals surface area contributed by atoms with Crippen molar-refractivity contribution >= 4 is 22.1 Å². The van der Waals surface area contributed by atoms with Gasteiger partial charge < -0.3 is 10.1 Å². The third-order valence-electron chi connectivity index (χ3n) is 5.90. The first-order chi connectivity index (χ1) is 15.8. The number of nitrogens with one attached hydrogen (secondary N) is 1. The number of halogens is 2. The maximum atomic E-state index is 14.0. The molecule has 2 aromatic carbocycles. The fraction of sp³-hybridized carbons (Fsp3) is 0.280. The van der Waals surface area contributed by atoms with Crippen molar-refractivity contribution in [2.24, 2.45) is 0 Å². The van der Waals surface area contributed by atoms with Crippen LogP contribution in [0.2, 0.25) is 0 Å². The summed E-state index contributed by atoms with van der Waals surface area (Å²) in [5.74, 6) is -1.17. The largest absolute Gasteiger partial charge is 0.493 e. The number of carbonyl (C=O) groups excluding carboxylic acids is 1. The molecule has 1 N–H and O–H groups in total. The molecule has 2 aromatic heterocycles. The molecule has 0 radical (unpaired) electrons. The van der Waals surface area contributed by atoms with Crippen LogP contribution in [0.3, 0.4) is 0 Å². The Labute approximate surface area is 194 Å². The molecule has 1 aliphatic heterocycles. The van der Waals surface area contributed by atoms with Gasteiger partial charge >= 0.3 is 0 Å². The molecule has 5 rings (SSSR count). The monoisotopic (exact) mass is 467 g/mol. The topological polar surface area (TPSA) is 55.6 Å². The Morgan fingerprint density at radius 1 is 1.21 bits per heavy atom. The smallest absolute Gasteiger partial charge is 0.263 e. The summed E-state index contributed by atoms with van der Waals surface area (Å²) in [7, 11) is 0. The molecular weight excluding hydrogens is 444 g/mol. The highest BCUT2D eigenvalue weighted by Crippen LogP contribution is 2.38. The van der Waals surface area contributed by atoms with Gasteiger partial charge in [0.25, 0.3) is 5.91 Å². The lowest BCUT2D eigenvalue weighted by Crippen LogP contribution is -2.32. The van der Waals surface area contributed by atoms with Crippen LogP contribution in [0.1, 0.15) is 58.9 Å². The van der Waals surface area contributed by atoms with Crippen molar-refractivity contribution in [3.8, 4) is 16.9 Å². The maximum Gasteiger partial charge on any atom is 0.263 e. The molecule has 0 unspecified atom stereocenters. The van der Waals surface area contributed by atoms with Crippen LogP contribution in [0, 0.1) is 18.6 Å².